The number of hydrogen-bond acceptors (Lipinski definition) is 5. The van der Waals surface area contributed by atoms with E-state index in [2.05, 4.69) is 0 Å². The van der Waals surface area contributed by atoms with E-state index in [-0.39, 0.29) is 18.6 Å². The van der Waals surface area contributed by atoms with Crippen LogP contribution in [-0.4, -0.2) is 47.3 Å². The van der Waals surface area contributed by atoms with E-state index < -0.39 is 5.60 Å². The lowest BCUT2D eigenvalue weighted by molar-refractivity contribution is -0.139. The molecule has 1 aliphatic heterocycles. The quantitative estimate of drug-likeness (QED) is 0.683. The fourth-order valence-electron chi connectivity index (χ4n) is 2.49. The number of benzene rings is 1. The number of ether oxygens (including phenoxy) is 1. The lowest BCUT2D eigenvalue weighted by Gasteiger charge is -2.42. The number of hydrogen-bond donors (Lipinski definition) is 3. The van der Waals surface area contributed by atoms with Gasteiger partial charge in [0, 0.05) is 24.5 Å². The lowest BCUT2D eigenvalue weighted by Crippen LogP contribution is -2.55. The van der Waals surface area contributed by atoms with Gasteiger partial charge in [0.1, 0.15) is 0 Å². The maximum atomic E-state index is 12.5. The molecular weight excluding hydrogens is 258 g/mol. The number of nitrogens with two attached hydrogens (primary N) is 2. The highest BCUT2D eigenvalue weighted by Gasteiger charge is 2.35. The fourth-order valence-corrected chi connectivity index (χ4v) is 2.49. The van der Waals surface area contributed by atoms with E-state index in [1.807, 2.05) is 13.8 Å². The molecule has 0 aliphatic carbocycles. The van der Waals surface area contributed by atoms with Crippen molar-refractivity contribution in [3.63, 3.8) is 0 Å². The summed E-state index contributed by atoms with van der Waals surface area (Å²) < 4.78 is 5.69. The first-order valence-corrected chi connectivity index (χ1v) is 6.55. The van der Waals surface area contributed by atoms with Crippen molar-refractivity contribution in [2.24, 2.45) is 0 Å². The summed E-state index contributed by atoms with van der Waals surface area (Å²) in [5, 5.41) is 9.28. The molecule has 1 heterocycles. The summed E-state index contributed by atoms with van der Waals surface area (Å²) in [6, 6.07) is 4.85. The standard InChI is InChI=1S/C14H21N3O3/c1-14(2)8-17(6-10(7-18)20-14)13(19)11-4-3-9(15)5-12(11)16/h3-5,10,18H,6-8,15-16H2,1-2H3. The van der Waals surface area contributed by atoms with Gasteiger partial charge in [0.25, 0.3) is 5.91 Å². The fraction of sp³-hybridized carbons (Fsp3) is 0.500. The van der Waals surface area contributed by atoms with Crippen LogP contribution in [-0.2, 0) is 4.74 Å². The highest BCUT2D eigenvalue weighted by atomic mass is 16.5. The molecule has 1 fully saturated rings. The Hall–Kier alpha value is -1.79. The highest BCUT2D eigenvalue weighted by molar-refractivity contribution is 5.99. The first-order chi connectivity index (χ1) is 9.32. The number of carbonyl (C=O) groups is 1. The van der Waals surface area contributed by atoms with Crippen molar-refractivity contribution < 1.29 is 14.6 Å². The zero-order valence-corrected chi connectivity index (χ0v) is 11.8. The third-order valence-electron chi connectivity index (χ3n) is 3.28. The lowest BCUT2D eigenvalue weighted by atomic mass is 10.0. The summed E-state index contributed by atoms with van der Waals surface area (Å²) in [5.74, 6) is -0.169. The second kappa shape index (κ2) is 5.30. The number of rotatable bonds is 2. The van der Waals surface area contributed by atoms with Gasteiger partial charge in [-0.2, -0.15) is 0 Å². The molecule has 6 nitrogen and oxygen atoms in total. The van der Waals surface area contributed by atoms with Crippen molar-refractivity contribution in [1.29, 1.82) is 0 Å². The molecule has 1 unspecified atom stereocenters. The number of aliphatic hydroxyl groups is 1. The predicted octanol–water partition coefficient (Wildman–Crippen LogP) is 0.463. The highest BCUT2D eigenvalue weighted by Crippen LogP contribution is 2.24. The molecule has 0 spiro atoms. The zero-order chi connectivity index (χ0) is 14.9. The van der Waals surface area contributed by atoms with Gasteiger partial charge < -0.3 is 26.2 Å². The SMILES string of the molecule is CC1(C)CN(C(=O)c2ccc(N)cc2N)CC(CO)O1. The summed E-state index contributed by atoms with van der Waals surface area (Å²) in [4.78, 5) is 14.2. The Bertz CT molecular complexity index is 516. The van der Waals surface area contributed by atoms with Crippen molar-refractivity contribution >= 4 is 17.3 Å². The van der Waals surface area contributed by atoms with Crippen LogP contribution < -0.4 is 11.5 Å². The van der Waals surface area contributed by atoms with E-state index in [9.17, 15) is 9.90 Å². The van der Waals surface area contributed by atoms with E-state index in [4.69, 9.17) is 16.2 Å². The van der Waals surface area contributed by atoms with Crippen LogP contribution in [0.4, 0.5) is 11.4 Å². The molecule has 0 radical (unpaired) electrons. The zero-order valence-electron chi connectivity index (χ0n) is 11.8. The van der Waals surface area contributed by atoms with Crippen LogP contribution in [0.25, 0.3) is 0 Å². The normalized spacial score (nSPS) is 21.8. The predicted molar refractivity (Wildman–Crippen MR) is 77.2 cm³/mol. The van der Waals surface area contributed by atoms with Crippen LogP contribution in [0.1, 0.15) is 24.2 Å². The Morgan fingerprint density at radius 3 is 2.80 bits per heavy atom. The number of anilines is 2. The smallest absolute Gasteiger partial charge is 0.256 e. The maximum Gasteiger partial charge on any atom is 0.256 e. The molecule has 1 aromatic rings. The molecule has 20 heavy (non-hydrogen) atoms. The van der Waals surface area contributed by atoms with Crippen molar-refractivity contribution in [2.45, 2.75) is 25.6 Å². The van der Waals surface area contributed by atoms with E-state index >= 15 is 0 Å². The van der Waals surface area contributed by atoms with Crippen LogP contribution >= 0.6 is 0 Å². The third-order valence-corrected chi connectivity index (χ3v) is 3.28. The number of aliphatic hydroxyl groups excluding tert-OH is 1. The number of amides is 1. The van der Waals surface area contributed by atoms with Crippen molar-refractivity contribution in [2.75, 3.05) is 31.2 Å². The molecule has 0 saturated carbocycles. The van der Waals surface area contributed by atoms with Gasteiger partial charge in [-0.3, -0.25) is 4.79 Å². The Morgan fingerprint density at radius 1 is 1.50 bits per heavy atom. The Labute approximate surface area is 118 Å². The molecule has 1 atom stereocenters. The molecule has 5 N–H and O–H groups in total. The van der Waals surface area contributed by atoms with Gasteiger partial charge in [0.05, 0.1) is 23.9 Å². The molecule has 1 aliphatic rings. The van der Waals surface area contributed by atoms with E-state index in [1.54, 1.807) is 23.1 Å². The number of morpholine rings is 1. The van der Waals surface area contributed by atoms with Gasteiger partial charge in [0.2, 0.25) is 0 Å². The van der Waals surface area contributed by atoms with Crippen molar-refractivity contribution in [3.8, 4) is 0 Å². The third kappa shape index (κ3) is 3.02. The van der Waals surface area contributed by atoms with Gasteiger partial charge in [-0.15, -0.1) is 0 Å². The molecule has 1 saturated heterocycles. The summed E-state index contributed by atoms with van der Waals surface area (Å²) >= 11 is 0. The van der Waals surface area contributed by atoms with E-state index in [1.165, 1.54) is 0 Å². The molecule has 2 rings (SSSR count). The first kappa shape index (κ1) is 14.6. The second-order valence-electron chi connectivity index (χ2n) is 5.71. The first-order valence-electron chi connectivity index (χ1n) is 6.55. The van der Waals surface area contributed by atoms with Gasteiger partial charge in [-0.05, 0) is 32.0 Å². The minimum absolute atomic E-state index is 0.121. The minimum atomic E-state index is -0.496. The van der Waals surface area contributed by atoms with Crippen LogP contribution in [0, 0.1) is 0 Å². The van der Waals surface area contributed by atoms with Crippen molar-refractivity contribution in [3.05, 3.63) is 23.8 Å². The number of nitrogen functional groups attached to an aromatic ring is 2. The second-order valence-corrected chi connectivity index (χ2v) is 5.71. The topological polar surface area (TPSA) is 102 Å². The van der Waals surface area contributed by atoms with Gasteiger partial charge in [0.15, 0.2) is 0 Å². The maximum absolute atomic E-state index is 12.5. The van der Waals surface area contributed by atoms with Crippen molar-refractivity contribution in [1.82, 2.24) is 4.90 Å². The Kier molecular flexibility index (Phi) is 3.87. The molecular formula is C14H21N3O3. The Balaban J connectivity index is 2.23. The molecule has 0 aromatic heterocycles. The summed E-state index contributed by atoms with van der Waals surface area (Å²) in [6.45, 7) is 4.46. The largest absolute Gasteiger partial charge is 0.399 e. The summed E-state index contributed by atoms with van der Waals surface area (Å²) in [6.07, 6.45) is -0.377. The minimum Gasteiger partial charge on any atom is -0.399 e. The van der Waals surface area contributed by atoms with E-state index in [0.717, 1.165) is 0 Å². The number of nitrogens with zero attached hydrogens (tertiary/aromatic N) is 1. The molecule has 110 valence electrons. The summed E-state index contributed by atoms with van der Waals surface area (Å²) in [5.41, 5.74) is 12.3. The molecule has 1 amide bonds. The molecule has 0 bridgehead atoms. The van der Waals surface area contributed by atoms with Crippen LogP contribution in [0.3, 0.4) is 0 Å². The van der Waals surface area contributed by atoms with Gasteiger partial charge in [-0.25, -0.2) is 0 Å². The summed E-state index contributed by atoms with van der Waals surface area (Å²) in [7, 11) is 0. The molecule has 1 aromatic carbocycles. The van der Waals surface area contributed by atoms with Crippen LogP contribution in [0.5, 0.6) is 0 Å². The van der Waals surface area contributed by atoms with Crippen LogP contribution in [0.2, 0.25) is 0 Å². The van der Waals surface area contributed by atoms with E-state index in [0.29, 0.717) is 30.0 Å². The average Bonchev–Trinajstić information content (AvgIpc) is 2.36. The van der Waals surface area contributed by atoms with Crippen LogP contribution in [0.15, 0.2) is 18.2 Å². The molecule has 6 heteroatoms. The Morgan fingerprint density at radius 2 is 2.20 bits per heavy atom. The van der Waals surface area contributed by atoms with Gasteiger partial charge >= 0.3 is 0 Å². The average molecular weight is 279 g/mol. The monoisotopic (exact) mass is 279 g/mol. The van der Waals surface area contributed by atoms with Gasteiger partial charge in [-0.1, -0.05) is 0 Å². The number of carbonyl (C=O) groups excluding carboxylic acids is 1.